The number of carboxylic acids is 2. The number of carboxylic acid groups (broad SMARTS) is 2. The van der Waals surface area contributed by atoms with Crippen molar-refractivity contribution in [2.24, 2.45) is 16.2 Å². The van der Waals surface area contributed by atoms with Crippen molar-refractivity contribution in [3.05, 3.63) is 12.3 Å². The van der Waals surface area contributed by atoms with Gasteiger partial charge in [-0.05, 0) is 54.8 Å². The van der Waals surface area contributed by atoms with Crippen LogP contribution in [0, 0.1) is 16.2 Å². The van der Waals surface area contributed by atoms with Gasteiger partial charge >= 0.3 is 53.4 Å². The zero-order valence-corrected chi connectivity index (χ0v) is 48.1. The van der Waals surface area contributed by atoms with E-state index in [4.69, 9.17) is 15.5 Å². The van der Waals surface area contributed by atoms with E-state index in [0.29, 0.717) is 35.9 Å². The van der Waals surface area contributed by atoms with Gasteiger partial charge in [0.25, 0.3) is 0 Å². The van der Waals surface area contributed by atoms with Crippen molar-refractivity contribution in [1.82, 2.24) is 0 Å². The molecule has 12 heteroatoms. The Bertz CT molecular complexity index is 1080. The van der Waals surface area contributed by atoms with Gasteiger partial charge in [-0.3, -0.25) is 19.2 Å². The number of aliphatic carboxylic acids is 2. The summed E-state index contributed by atoms with van der Waals surface area (Å²) in [5.74, 6) is -1.14. The molecule has 0 spiro atoms. The summed E-state index contributed by atoms with van der Waals surface area (Å²) in [5.41, 5.74) is 0.912. The number of hydrogen-bond acceptors (Lipinski definition) is 9. The van der Waals surface area contributed by atoms with Gasteiger partial charge in [0.05, 0.1) is 20.6 Å². The molecule has 68 heavy (non-hydrogen) atoms. The van der Waals surface area contributed by atoms with Gasteiger partial charge in [0.1, 0.15) is 5.76 Å². The maximum Gasteiger partial charge on any atom is 1.00 e. The van der Waals surface area contributed by atoms with Gasteiger partial charge in [0, 0.05) is 25.7 Å². The van der Waals surface area contributed by atoms with E-state index in [2.05, 4.69) is 62.5 Å². The van der Waals surface area contributed by atoms with Crippen molar-refractivity contribution >= 4 is 23.9 Å². The van der Waals surface area contributed by atoms with Crippen LogP contribution < -0.4 is 29.6 Å². The molecule has 0 bridgehead atoms. The normalized spacial score (nSPS) is 11.2. The van der Waals surface area contributed by atoms with Crippen LogP contribution in [0.1, 0.15) is 294 Å². The fourth-order valence-corrected chi connectivity index (χ4v) is 6.51. The minimum Gasteiger partial charge on any atom is -0.870 e. The largest absolute Gasteiger partial charge is 1.00 e. The number of allylic oxidation sites excluding steroid dienone is 1. The number of ether oxygens (including phenoxy) is 2. The average Bonchev–Trinajstić information content (AvgIpc) is 4.10. The number of hydrogen-bond donors (Lipinski definition) is 3. The third-order valence-corrected chi connectivity index (χ3v) is 10.6. The Balaban J connectivity index is -0.000000144. The van der Waals surface area contributed by atoms with Crippen molar-refractivity contribution in [3.8, 4) is 0 Å². The Morgan fingerprint density at radius 3 is 0.868 bits per heavy atom. The molecule has 1 saturated carbocycles. The van der Waals surface area contributed by atoms with E-state index in [1.165, 1.54) is 155 Å². The summed E-state index contributed by atoms with van der Waals surface area (Å²) in [6.45, 7) is 23.1. The second kappa shape index (κ2) is 56.3. The molecule has 4 N–H and O–H groups in total. The Morgan fingerprint density at radius 2 is 0.676 bits per heavy atom. The number of unbranched alkanes of at least 4 members (excludes halogenated alkanes) is 22. The summed E-state index contributed by atoms with van der Waals surface area (Å²) >= 11 is 0. The number of methoxy groups -OCH3 is 2. The van der Waals surface area contributed by atoms with Crippen molar-refractivity contribution in [1.29, 1.82) is 0 Å². The quantitative estimate of drug-likeness (QED) is 0.0139. The van der Waals surface area contributed by atoms with Gasteiger partial charge < -0.3 is 30.1 Å². The second-order valence-corrected chi connectivity index (χ2v) is 21.8. The zero-order chi connectivity index (χ0) is 50.3. The fraction of sp³-hybridized carbons (Fsp3) is 0.893. The maximum atomic E-state index is 10.9. The average molecular weight is 985 g/mol. The van der Waals surface area contributed by atoms with Crippen LogP contribution in [0.3, 0.4) is 0 Å². The maximum absolute atomic E-state index is 10.9. The van der Waals surface area contributed by atoms with Crippen LogP contribution in [0.25, 0.3) is 0 Å². The number of carbonyl (C=O) groups is 4. The molecule has 0 aromatic rings. The van der Waals surface area contributed by atoms with Crippen LogP contribution in [0.5, 0.6) is 0 Å². The van der Waals surface area contributed by atoms with Crippen molar-refractivity contribution in [2.75, 3.05) is 14.2 Å². The van der Waals surface area contributed by atoms with Gasteiger partial charge in [-0.2, -0.15) is 0 Å². The SMILES string of the molecule is C.C1CC1.C=C(CCCCCCCCCC(=O)OC)OO.CC(C)(C)CC(=O)O.CC(C)(C)CCCCCCCCCCCC(=O)O.COC(=O)CCCCCCCCCCCC(C)(C)C.[Na+].[OH-]. The second-order valence-electron chi connectivity index (χ2n) is 21.8. The van der Waals surface area contributed by atoms with Crippen molar-refractivity contribution < 1.29 is 84.0 Å². The first-order valence-electron chi connectivity index (χ1n) is 26.1. The first-order valence-corrected chi connectivity index (χ1v) is 26.1. The standard InChI is InChI=1S/C17H34O2.C16H32O2.C13H24O4.C6H12O2.C3H6.CH4.Na.H2O/c1-17(2,3)15-13-11-9-7-5-6-8-10-12-14-16(18)19-4;1-16(2,3)14-12-10-8-6-4-5-7-9-11-13-15(17)18;1-12(17-15)10-8-6-4-3-5-7-9-11-13(14)16-2;1-6(2,3)4-5(7)8;1-2-3-1;;;/h5-15H2,1-4H3;4-14H2,1-3H3,(H,17,18);15H,1,3-11H2,2H3;4H2,1-3H3,(H,7,8);1-3H2;1H4;;1H2/q;;;;;;+1;/p-1. The molecule has 0 aliphatic heterocycles. The smallest absolute Gasteiger partial charge is 0.870 e. The van der Waals surface area contributed by atoms with E-state index in [1.54, 1.807) is 0 Å². The summed E-state index contributed by atoms with van der Waals surface area (Å²) < 4.78 is 9.18. The minimum absolute atomic E-state index is 0. The van der Waals surface area contributed by atoms with Crippen LogP contribution in [0.4, 0.5) is 0 Å². The van der Waals surface area contributed by atoms with Crippen LogP contribution >= 0.6 is 0 Å². The minimum atomic E-state index is -0.725. The third kappa shape index (κ3) is 94.2. The molecule has 0 atom stereocenters. The summed E-state index contributed by atoms with van der Waals surface area (Å²) in [5, 5.41) is 25.0. The predicted molar refractivity (Wildman–Crippen MR) is 281 cm³/mol. The number of esters is 2. The van der Waals surface area contributed by atoms with E-state index < -0.39 is 11.9 Å². The van der Waals surface area contributed by atoms with E-state index in [0.717, 1.165) is 57.8 Å². The molecule has 0 heterocycles. The number of rotatable bonds is 34. The van der Waals surface area contributed by atoms with Gasteiger partial charge in [-0.15, -0.1) is 0 Å². The topological polar surface area (TPSA) is 187 Å². The van der Waals surface area contributed by atoms with Gasteiger partial charge in [-0.1, -0.05) is 230 Å². The van der Waals surface area contributed by atoms with Gasteiger partial charge in [0.2, 0.25) is 0 Å². The number of carbonyl (C=O) groups excluding carboxylic acids is 2. The van der Waals surface area contributed by atoms with E-state index >= 15 is 0 Å². The molecule has 0 aromatic heterocycles. The van der Waals surface area contributed by atoms with E-state index in [1.807, 2.05) is 20.8 Å². The molecule has 0 unspecified atom stereocenters. The molecule has 11 nitrogen and oxygen atoms in total. The van der Waals surface area contributed by atoms with Crippen LogP contribution in [-0.4, -0.2) is 59.0 Å². The predicted octanol–water partition coefficient (Wildman–Crippen LogP) is 14.7. The molecule has 1 aliphatic rings. The third-order valence-electron chi connectivity index (χ3n) is 10.6. The van der Waals surface area contributed by atoms with Crippen molar-refractivity contribution in [2.45, 2.75) is 294 Å². The Labute approximate surface area is 442 Å². The first kappa shape index (κ1) is 80.4. The molecular formula is C56H113NaO11. The van der Waals surface area contributed by atoms with Crippen molar-refractivity contribution in [3.63, 3.8) is 0 Å². The van der Waals surface area contributed by atoms with Crippen LogP contribution in [0.2, 0.25) is 0 Å². The van der Waals surface area contributed by atoms with E-state index in [9.17, 15) is 19.2 Å². The zero-order valence-electron chi connectivity index (χ0n) is 46.1. The molecule has 404 valence electrons. The molecule has 0 saturated heterocycles. The molecular weight excluding hydrogens is 872 g/mol. The molecule has 1 rings (SSSR count). The van der Waals surface area contributed by atoms with E-state index in [-0.39, 0.29) is 66.2 Å². The first-order chi connectivity index (χ1) is 30.5. The molecule has 1 aliphatic carbocycles. The molecule has 0 amide bonds. The Hall–Kier alpha value is -1.66. The summed E-state index contributed by atoms with van der Waals surface area (Å²) in [4.78, 5) is 46.0. The van der Waals surface area contributed by atoms with Crippen LogP contribution in [-0.2, 0) is 33.5 Å². The Morgan fingerprint density at radius 1 is 0.426 bits per heavy atom. The fourth-order valence-electron chi connectivity index (χ4n) is 6.51. The molecule has 1 fully saturated rings. The van der Waals surface area contributed by atoms with Gasteiger partial charge in [-0.25, -0.2) is 5.26 Å². The van der Waals surface area contributed by atoms with Gasteiger partial charge in [0.15, 0.2) is 0 Å². The summed E-state index contributed by atoms with van der Waals surface area (Å²) in [6, 6.07) is 0. The molecule has 0 radical (unpaired) electrons. The summed E-state index contributed by atoms with van der Waals surface area (Å²) in [7, 11) is 2.88. The Kier molecular flexibility index (Phi) is 66.5. The summed E-state index contributed by atoms with van der Waals surface area (Å²) in [6.07, 6.45) is 40.1. The van der Waals surface area contributed by atoms with Crippen LogP contribution in [0.15, 0.2) is 12.3 Å². The molecule has 0 aromatic carbocycles. The monoisotopic (exact) mass is 985 g/mol.